The average molecular weight is 345 g/mol. The zero-order valence-corrected chi connectivity index (χ0v) is 13.6. The van der Waals surface area contributed by atoms with Crippen LogP contribution in [0.1, 0.15) is 29.7 Å². The van der Waals surface area contributed by atoms with Crippen molar-refractivity contribution in [1.82, 2.24) is 5.32 Å². The monoisotopic (exact) mass is 344 g/mol. The number of methoxy groups -OCH3 is 1. The van der Waals surface area contributed by atoms with Gasteiger partial charge in [-0.15, -0.1) is 0 Å². The van der Waals surface area contributed by atoms with E-state index in [-0.39, 0.29) is 6.04 Å². The lowest BCUT2D eigenvalue weighted by molar-refractivity contribution is 0.406. The molecule has 2 aromatic rings. The first-order valence-electron chi connectivity index (χ1n) is 6.70. The Hall–Kier alpha value is -1.83. The number of hydrogen-bond acceptors (Lipinski definition) is 3. The largest absolute Gasteiger partial charge is 0.496 e. The van der Waals surface area contributed by atoms with Crippen LogP contribution in [0.2, 0.25) is 0 Å². The minimum absolute atomic E-state index is 0.206. The number of halogens is 1. The van der Waals surface area contributed by atoms with Crippen LogP contribution in [0.3, 0.4) is 0 Å². The molecule has 0 aliphatic heterocycles. The Kier molecular flexibility index (Phi) is 5.38. The van der Waals surface area contributed by atoms with E-state index in [9.17, 15) is 0 Å². The molecule has 0 spiro atoms. The molecule has 1 atom stereocenters. The number of rotatable bonds is 5. The smallest absolute Gasteiger partial charge is 0.123 e. The van der Waals surface area contributed by atoms with Gasteiger partial charge in [0.2, 0.25) is 0 Å². The van der Waals surface area contributed by atoms with Gasteiger partial charge in [0.25, 0.3) is 0 Å². The fraction of sp³-hybridized carbons (Fsp3) is 0.235. The molecular weight excluding hydrogens is 328 g/mol. The number of hydrogen-bond donors (Lipinski definition) is 1. The van der Waals surface area contributed by atoms with Gasteiger partial charge in [0.05, 0.1) is 18.7 Å². The van der Waals surface area contributed by atoms with E-state index in [1.54, 1.807) is 13.2 Å². The summed E-state index contributed by atoms with van der Waals surface area (Å²) in [5.74, 6) is 0.794. The third-order valence-electron chi connectivity index (χ3n) is 3.36. The summed E-state index contributed by atoms with van der Waals surface area (Å²) < 4.78 is 6.41. The van der Waals surface area contributed by atoms with Crippen LogP contribution in [0.4, 0.5) is 0 Å². The molecule has 4 heteroatoms. The number of nitriles is 1. The van der Waals surface area contributed by atoms with Crippen LogP contribution in [-0.4, -0.2) is 7.11 Å². The Morgan fingerprint density at radius 3 is 2.76 bits per heavy atom. The van der Waals surface area contributed by atoms with E-state index < -0.39 is 0 Å². The molecule has 0 aliphatic carbocycles. The van der Waals surface area contributed by atoms with Crippen molar-refractivity contribution in [3.8, 4) is 11.8 Å². The van der Waals surface area contributed by atoms with Crippen LogP contribution in [0.5, 0.6) is 5.75 Å². The molecule has 0 aliphatic rings. The van der Waals surface area contributed by atoms with E-state index in [0.29, 0.717) is 12.1 Å². The van der Waals surface area contributed by atoms with Crippen LogP contribution in [0.15, 0.2) is 46.9 Å². The van der Waals surface area contributed by atoms with Crippen molar-refractivity contribution in [2.45, 2.75) is 19.5 Å². The van der Waals surface area contributed by atoms with Crippen LogP contribution in [-0.2, 0) is 6.54 Å². The Bertz CT molecular complexity index is 664. The van der Waals surface area contributed by atoms with Crippen LogP contribution >= 0.6 is 15.9 Å². The third kappa shape index (κ3) is 4.07. The standard InChI is InChI=1S/C17H17BrN2O/c1-12(14-4-3-5-16(18)9-14)20-11-15-8-13(10-19)6-7-17(15)21-2/h3-9,12,20H,11H2,1-2H3. The van der Waals surface area contributed by atoms with Gasteiger partial charge in [0, 0.05) is 22.6 Å². The lowest BCUT2D eigenvalue weighted by Crippen LogP contribution is -2.18. The molecular formula is C17H17BrN2O. The summed E-state index contributed by atoms with van der Waals surface area (Å²) in [6.07, 6.45) is 0. The summed E-state index contributed by atoms with van der Waals surface area (Å²) in [5.41, 5.74) is 2.83. The predicted molar refractivity (Wildman–Crippen MR) is 87.1 cm³/mol. The van der Waals surface area contributed by atoms with Gasteiger partial charge >= 0.3 is 0 Å². The highest BCUT2D eigenvalue weighted by atomic mass is 79.9. The Morgan fingerprint density at radius 1 is 1.29 bits per heavy atom. The number of ether oxygens (including phenoxy) is 1. The van der Waals surface area contributed by atoms with Crippen LogP contribution in [0, 0.1) is 11.3 Å². The highest BCUT2D eigenvalue weighted by Crippen LogP contribution is 2.22. The molecule has 0 bridgehead atoms. The minimum Gasteiger partial charge on any atom is -0.496 e. The van der Waals surface area contributed by atoms with Crippen molar-refractivity contribution in [3.63, 3.8) is 0 Å². The molecule has 21 heavy (non-hydrogen) atoms. The maximum absolute atomic E-state index is 9.00. The fourth-order valence-electron chi connectivity index (χ4n) is 2.14. The second-order valence-corrected chi connectivity index (χ2v) is 5.71. The Morgan fingerprint density at radius 2 is 2.10 bits per heavy atom. The highest BCUT2D eigenvalue weighted by molar-refractivity contribution is 9.10. The maximum Gasteiger partial charge on any atom is 0.123 e. The maximum atomic E-state index is 9.00. The molecule has 0 radical (unpaired) electrons. The topological polar surface area (TPSA) is 45.0 Å². The first-order chi connectivity index (χ1) is 10.1. The van der Waals surface area contributed by atoms with Gasteiger partial charge in [-0.2, -0.15) is 5.26 Å². The first kappa shape index (κ1) is 15.6. The summed E-state index contributed by atoms with van der Waals surface area (Å²) in [5, 5.41) is 12.5. The van der Waals surface area contributed by atoms with Crippen molar-refractivity contribution in [3.05, 3.63) is 63.6 Å². The normalized spacial score (nSPS) is 11.7. The van der Waals surface area contributed by atoms with Gasteiger partial charge in [0.15, 0.2) is 0 Å². The lowest BCUT2D eigenvalue weighted by atomic mass is 10.1. The highest BCUT2D eigenvalue weighted by Gasteiger charge is 2.08. The molecule has 0 aromatic heterocycles. The van der Waals surface area contributed by atoms with Crippen molar-refractivity contribution >= 4 is 15.9 Å². The molecule has 1 N–H and O–H groups in total. The van der Waals surface area contributed by atoms with E-state index in [1.807, 2.05) is 24.3 Å². The quantitative estimate of drug-likeness (QED) is 0.884. The molecule has 0 saturated carbocycles. The molecule has 2 rings (SSSR count). The van der Waals surface area contributed by atoms with Crippen molar-refractivity contribution in [2.24, 2.45) is 0 Å². The van der Waals surface area contributed by atoms with Crippen molar-refractivity contribution < 1.29 is 4.74 Å². The van der Waals surface area contributed by atoms with Gasteiger partial charge in [-0.1, -0.05) is 28.1 Å². The van der Waals surface area contributed by atoms with Gasteiger partial charge in [-0.05, 0) is 42.8 Å². The van der Waals surface area contributed by atoms with Gasteiger partial charge in [-0.3, -0.25) is 0 Å². The third-order valence-corrected chi connectivity index (χ3v) is 3.85. The number of nitrogens with zero attached hydrogens (tertiary/aromatic N) is 1. The molecule has 1 unspecified atom stereocenters. The zero-order valence-electron chi connectivity index (χ0n) is 12.1. The molecule has 108 valence electrons. The second kappa shape index (κ2) is 7.26. The van der Waals surface area contributed by atoms with Gasteiger partial charge in [-0.25, -0.2) is 0 Å². The van der Waals surface area contributed by atoms with Crippen LogP contribution < -0.4 is 10.1 Å². The minimum atomic E-state index is 0.206. The first-order valence-corrected chi connectivity index (χ1v) is 7.49. The van der Waals surface area contributed by atoms with E-state index in [2.05, 4.69) is 46.4 Å². The lowest BCUT2D eigenvalue weighted by Gasteiger charge is -2.16. The Labute approximate surface area is 133 Å². The fourth-order valence-corrected chi connectivity index (χ4v) is 2.56. The molecule has 2 aromatic carbocycles. The summed E-state index contributed by atoms with van der Waals surface area (Å²) in [7, 11) is 1.64. The molecule has 0 saturated heterocycles. The predicted octanol–water partition coefficient (Wildman–Crippen LogP) is 4.18. The second-order valence-electron chi connectivity index (χ2n) is 4.80. The SMILES string of the molecule is COc1ccc(C#N)cc1CNC(C)c1cccc(Br)c1. The molecule has 0 heterocycles. The molecule has 0 amide bonds. The van der Waals surface area contributed by atoms with E-state index >= 15 is 0 Å². The van der Waals surface area contributed by atoms with E-state index in [4.69, 9.17) is 10.00 Å². The zero-order chi connectivity index (χ0) is 15.2. The average Bonchev–Trinajstić information content (AvgIpc) is 2.52. The van der Waals surface area contributed by atoms with Crippen LogP contribution in [0.25, 0.3) is 0 Å². The van der Waals surface area contributed by atoms with E-state index in [1.165, 1.54) is 5.56 Å². The van der Waals surface area contributed by atoms with Gasteiger partial charge in [0.1, 0.15) is 5.75 Å². The number of nitrogens with one attached hydrogen (secondary N) is 1. The summed E-state index contributed by atoms with van der Waals surface area (Å²) >= 11 is 3.48. The molecule has 0 fully saturated rings. The summed E-state index contributed by atoms with van der Waals surface area (Å²) in [4.78, 5) is 0. The van der Waals surface area contributed by atoms with E-state index in [0.717, 1.165) is 15.8 Å². The summed E-state index contributed by atoms with van der Waals surface area (Å²) in [6.45, 7) is 2.76. The van der Waals surface area contributed by atoms with Crippen molar-refractivity contribution in [2.75, 3.05) is 7.11 Å². The van der Waals surface area contributed by atoms with Gasteiger partial charge < -0.3 is 10.1 Å². The Balaban J connectivity index is 2.10. The molecule has 3 nitrogen and oxygen atoms in total. The number of benzene rings is 2. The van der Waals surface area contributed by atoms with Crippen molar-refractivity contribution in [1.29, 1.82) is 5.26 Å². The summed E-state index contributed by atoms with van der Waals surface area (Å²) in [6, 6.07) is 16.0.